The lowest BCUT2D eigenvalue weighted by Crippen LogP contribution is -2.52. The van der Waals surface area contributed by atoms with Crippen molar-refractivity contribution in [2.75, 3.05) is 5.75 Å². The summed E-state index contributed by atoms with van der Waals surface area (Å²) in [6, 6.07) is 24.4. The molecule has 0 aliphatic heterocycles. The zero-order valence-corrected chi connectivity index (χ0v) is 22.2. The predicted molar refractivity (Wildman–Crippen MR) is 147 cm³/mol. The molecular formula is C28H30Cl2N2O2S. The van der Waals surface area contributed by atoms with Gasteiger partial charge in [0.2, 0.25) is 11.8 Å². The molecule has 4 nitrogen and oxygen atoms in total. The summed E-state index contributed by atoms with van der Waals surface area (Å²) in [5.41, 5.74) is 2.97. The predicted octanol–water partition coefficient (Wildman–Crippen LogP) is 6.39. The maximum absolute atomic E-state index is 13.6. The minimum Gasteiger partial charge on any atom is -0.352 e. The highest BCUT2D eigenvalue weighted by Crippen LogP contribution is 2.25. The fourth-order valence-corrected chi connectivity index (χ4v) is 4.86. The van der Waals surface area contributed by atoms with E-state index in [4.69, 9.17) is 23.2 Å². The summed E-state index contributed by atoms with van der Waals surface area (Å²) < 4.78 is 0. The number of benzene rings is 3. The third-order valence-electron chi connectivity index (χ3n) is 5.38. The molecule has 0 radical (unpaired) electrons. The van der Waals surface area contributed by atoms with E-state index in [9.17, 15) is 9.59 Å². The summed E-state index contributed by atoms with van der Waals surface area (Å²) in [5.74, 6) is 0.623. The lowest BCUT2D eigenvalue weighted by Gasteiger charge is -2.32. The van der Waals surface area contributed by atoms with Crippen molar-refractivity contribution in [3.63, 3.8) is 0 Å². The normalized spacial score (nSPS) is 11.8. The summed E-state index contributed by atoms with van der Waals surface area (Å²) >= 11 is 13.6. The molecule has 2 amide bonds. The van der Waals surface area contributed by atoms with Crippen LogP contribution in [0.4, 0.5) is 0 Å². The molecule has 0 aromatic heterocycles. The molecule has 0 fully saturated rings. The van der Waals surface area contributed by atoms with Gasteiger partial charge in [-0.2, -0.15) is 0 Å². The number of carbonyl (C=O) groups excluding carboxylic acids is 2. The fraction of sp³-hybridized carbons (Fsp3) is 0.286. The molecule has 0 unspecified atom stereocenters. The maximum atomic E-state index is 13.6. The van der Waals surface area contributed by atoms with Crippen LogP contribution in [0.3, 0.4) is 0 Å². The maximum Gasteiger partial charge on any atom is 0.243 e. The smallest absolute Gasteiger partial charge is 0.243 e. The number of carbonyl (C=O) groups is 2. The van der Waals surface area contributed by atoms with Gasteiger partial charge in [-0.1, -0.05) is 89.9 Å². The van der Waals surface area contributed by atoms with Gasteiger partial charge in [0.05, 0.1) is 15.8 Å². The topological polar surface area (TPSA) is 49.4 Å². The molecule has 0 bridgehead atoms. The van der Waals surface area contributed by atoms with Crippen LogP contribution in [0.5, 0.6) is 0 Å². The van der Waals surface area contributed by atoms with Gasteiger partial charge in [0, 0.05) is 24.8 Å². The molecular weight excluding hydrogens is 499 g/mol. The summed E-state index contributed by atoms with van der Waals surface area (Å²) in [6.07, 6.45) is 0.440. The minimum atomic E-state index is -0.627. The molecule has 0 heterocycles. The van der Waals surface area contributed by atoms with Crippen LogP contribution in [0.15, 0.2) is 78.9 Å². The van der Waals surface area contributed by atoms with Crippen LogP contribution in [0.1, 0.15) is 30.5 Å². The van der Waals surface area contributed by atoms with Crippen molar-refractivity contribution in [1.29, 1.82) is 0 Å². The number of rotatable bonds is 11. The van der Waals surface area contributed by atoms with Crippen molar-refractivity contribution in [2.45, 2.75) is 44.6 Å². The Bertz CT molecular complexity index is 1110. The number of hydrogen-bond acceptors (Lipinski definition) is 3. The summed E-state index contributed by atoms with van der Waals surface area (Å²) in [7, 11) is 0. The van der Waals surface area contributed by atoms with Gasteiger partial charge in [0.25, 0.3) is 0 Å². The van der Waals surface area contributed by atoms with Crippen LogP contribution in [-0.2, 0) is 28.3 Å². The average Bonchev–Trinajstić information content (AvgIpc) is 2.84. The van der Waals surface area contributed by atoms with Gasteiger partial charge in [0.15, 0.2) is 0 Å². The Kier molecular flexibility index (Phi) is 10.5. The molecule has 0 aliphatic carbocycles. The Labute approximate surface area is 222 Å². The van der Waals surface area contributed by atoms with E-state index >= 15 is 0 Å². The van der Waals surface area contributed by atoms with Gasteiger partial charge in [-0.25, -0.2) is 0 Å². The average molecular weight is 530 g/mol. The van der Waals surface area contributed by atoms with E-state index in [1.807, 2.05) is 86.6 Å². The van der Waals surface area contributed by atoms with E-state index in [0.29, 0.717) is 28.8 Å². The largest absolute Gasteiger partial charge is 0.352 e. The zero-order chi connectivity index (χ0) is 25.2. The quantitative estimate of drug-likeness (QED) is 0.313. The van der Waals surface area contributed by atoms with Crippen molar-refractivity contribution in [1.82, 2.24) is 10.2 Å². The number of hydrogen-bond donors (Lipinski definition) is 1. The van der Waals surface area contributed by atoms with Crippen LogP contribution in [-0.4, -0.2) is 34.6 Å². The molecule has 0 spiro atoms. The first kappa shape index (κ1) is 27.1. The molecule has 184 valence electrons. The van der Waals surface area contributed by atoms with Gasteiger partial charge in [0.1, 0.15) is 6.04 Å². The fourth-order valence-electron chi connectivity index (χ4n) is 3.68. The number of nitrogens with zero attached hydrogens (tertiary/aromatic N) is 1. The molecule has 3 rings (SSSR count). The van der Waals surface area contributed by atoms with Crippen LogP contribution in [0, 0.1) is 0 Å². The van der Waals surface area contributed by atoms with Crippen molar-refractivity contribution in [3.8, 4) is 0 Å². The third-order valence-corrected chi connectivity index (χ3v) is 7.10. The lowest BCUT2D eigenvalue weighted by molar-refractivity contribution is -0.139. The second-order valence-electron chi connectivity index (χ2n) is 8.62. The van der Waals surface area contributed by atoms with Gasteiger partial charge in [-0.3, -0.25) is 9.59 Å². The van der Waals surface area contributed by atoms with Gasteiger partial charge in [-0.15, -0.1) is 11.8 Å². The minimum absolute atomic E-state index is 0.0292. The molecule has 0 aliphatic rings. The van der Waals surface area contributed by atoms with Gasteiger partial charge in [-0.05, 0) is 42.7 Å². The van der Waals surface area contributed by atoms with Gasteiger partial charge < -0.3 is 10.2 Å². The Morgan fingerprint density at radius 3 is 2.09 bits per heavy atom. The second-order valence-corrected chi connectivity index (χ2v) is 10.4. The van der Waals surface area contributed by atoms with Crippen molar-refractivity contribution in [2.24, 2.45) is 0 Å². The van der Waals surface area contributed by atoms with Crippen molar-refractivity contribution in [3.05, 3.63) is 106 Å². The highest BCUT2D eigenvalue weighted by Gasteiger charge is 2.30. The van der Waals surface area contributed by atoms with Gasteiger partial charge >= 0.3 is 0 Å². The van der Waals surface area contributed by atoms with E-state index in [0.717, 1.165) is 16.7 Å². The first-order valence-corrected chi connectivity index (χ1v) is 13.4. The summed E-state index contributed by atoms with van der Waals surface area (Å²) in [4.78, 5) is 28.6. The Morgan fingerprint density at radius 2 is 1.49 bits per heavy atom. The summed E-state index contributed by atoms with van der Waals surface area (Å²) in [6.45, 7) is 4.21. The van der Waals surface area contributed by atoms with E-state index in [1.165, 1.54) is 11.8 Å². The first-order valence-electron chi connectivity index (χ1n) is 11.5. The monoisotopic (exact) mass is 528 g/mol. The molecule has 7 heteroatoms. The number of nitrogens with one attached hydrogen (secondary N) is 1. The summed E-state index contributed by atoms with van der Waals surface area (Å²) in [5, 5.41) is 4.01. The lowest BCUT2D eigenvalue weighted by atomic mass is 10.0. The molecule has 3 aromatic carbocycles. The Morgan fingerprint density at radius 1 is 0.857 bits per heavy atom. The molecule has 1 N–H and O–H groups in total. The van der Waals surface area contributed by atoms with Crippen LogP contribution >= 0.6 is 35.0 Å². The third kappa shape index (κ3) is 8.60. The van der Waals surface area contributed by atoms with Crippen LogP contribution in [0.25, 0.3) is 0 Å². The molecule has 3 aromatic rings. The van der Waals surface area contributed by atoms with E-state index in [1.54, 1.807) is 11.0 Å². The Balaban J connectivity index is 1.81. The standard InChI is InChI=1S/C28H30Cl2N2O2S/c1-20(2)31-28(34)26(16-21-9-5-3-6-10-21)32(17-22-11-7-4-8-12-22)27(33)19-35-18-23-13-14-24(29)25(30)15-23/h3-15,20,26H,16-19H2,1-2H3,(H,31,34)/t26-/m1/s1. The molecule has 0 saturated heterocycles. The molecule has 35 heavy (non-hydrogen) atoms. The highest BCUT2D eigenvalue weighted by atomic mass is 35.5. The highest BCUT2D eigenvalue weighted by molar-refractivity contribution is 7.99. The Hall–Kier alpha value is -2.47. The number of amides is 2. The molecule has 0 saturated carbocycles. The van der Waals surface area contributed by atoms with E-state index in [2.05, 4.69) is 5.32 Å². The van der Waals surface area contributed by atoms with Crippen molar-refractivity contribution >= 4 is 46.8 Å². The van der Waals surface area contributed by atoms with E-state index < -0.39 is 6.04 Å². The zero-order valence-electron chi connectivity index (χ0n) is 19.9. The van der Waals surface area contributed by atoms with E-state index in [-0.39, 0.29) is 23.6 Å². The van der Waals surface area contributed by atoms with Crippen molar-refractivity contribution < 1.29 is 9.59 Å². The van der Waals surface area contributed by atoms with Crippen LogP contribution in [0.2, 0.25) is 10.0 Å². The molecule has 1 atom stereocenters. The number of thioether (sulfide) groups is 1. The second kappa shape index (κ2) is 13.6. The van der Waals surface area contributed by atoms with Crippen LogP contribution < -0.4 is 5.32 Å². The SMILES string of the molecule is CC(C)NC(=O)[C@@H](Cc1ccccc1)N(Cc1ccccc1)C(=O)CSCc1ccc(Cl)c(Cl)c1. The first-order chi connectivity index (χ1) is 16.8. The number of halogens is 2.